The summed E-state index contributed by atoms with van der Waals surface area (Å²) in [5.74, 6) is -2.22. The Hall–Kier alpha value is -2.89. The number of nitrogens with one attached hydrogen (secondary N) is 3. The van der Waals surface area contributed by atoms with Crippen LogP contribution in [0.25, 0.3) is 0 Å². The van der Waals surface area contributed by atoms with E-state index in [0.717, 1.165) is 25.7 Å². The van der Waals surface area contributed by atoms with Crippen LogP contribution < -0.4 is 15.4 Å². The Morgan fingerprint density at radius 1 is 1.15 bits per heavy atom. The molecule has 0 bridgehead atoms. The van der Waals surface area contributed by atoms with E-state index >= 15 is 0 Å². The molecule has 4 fully saturated rings. The average molecular weight is 567 g/mol. The molecular formula is C26H38N4O8S. The maximum atomic E-state index is 13.7. The Labute approximate surface area is 228 Å². The number of rotatable bonds is 8. The Morgan fingerprint density at radius 3 is 2.33 bits per heavy atom. The summed E-state index contributed by atoms with van der Waals surface area (Å²) in [7, 11) is -3.87. The molecule has 0 aromatic heterocycles. The van der Waals surface area contributed by atoms with E-state index in [0.29, 0.717) is 18.4 Å². The molecule has 0 radical (unpaired) electrons. The van der Waals surface area contributed by atoms with Gasteiger partial charge in [0.15, 0.2) is 5.54 Å². The van der Waals surface area contributed by atoms with Crippen molar-refractivity contribution in [2.75, 3.05) is 6.54 Å². The summed E-state index contributed by atoms with van der Waals surface area (Å²) in [5, 5.41) is 15.0. The normalized spacial score (nSPS) is 27.9. The SMILES string of the molecule is C=C=C1C[C@]1(NC(=O)[C@@H]1C[C@@H](O)CN1C(=O)[C@@H](NC(=O)OC1CCCC1)C(C)(C)C)C(=O)NS(=O)(=O)C1CC1. The minimum absolute atomic E-state index is 0.0245. The van der Waals surface area contributed by atoms with Gasteiger partial charge in [-0.25, -0.2) is 13.2 Å². The van der Waals surface area contributed by atoms with Crippen molar-refractivity contribution in [3.8, 4) is 0 Å². The summed E-state index contributed by atoms with van der Waals surface area (Å²) in [6.07, 6.45) is 2.38. The molecule has 1 aliphatic heterocycles. The zero-order chi connectivity index (χ0) is 28.8. The van der Waals surface area contributed by atoms with Crippen molar-refractivity contribution in [1.82, 2.24) is 20.3 Å². The van der Waals surface area contributed by atoms with Crippen LogP contribution in [0.3, 0.4) is 0 Å². The van der Waals surface area contributed by atoms with E-state index in [2.05, 4.69) is 27.7 Å². The number of hydrogen-bond acceptors (Lipinski definition) is 8. The summed E-state index contributed by atoms with van der Waals surface area (Å²) in [4.78, 5) is 54.0. The van der Waals surface area contributed by atoms with Gasteiger partial charge in [0.05, 0.1) is 11.4 Å². The Balaban J connectivity index is 1.49. The number of aliphatic hydroxyl groups excluding tert-OH is 1. The zero-order valence-corrected chi connectivity index (χ0v) is 23.4. The Morgan fingerprint density at radius 2 is 1.79 bits per heavy atom. The van der Waals surface area contributed by atoms with Crippen LogP contribution in [0.2, 0.25) is 0 Å². The minimum atomic E-state index is -3.87. The van der Waals surface area contributed by atoms with Crippen molar-refractivity contribution >= 4 is 33.8 Å². The molecule has 3 aliphatic carbocycles. The van der Waals surface area contributed by atoms with Crippen molar-refractivity contribution in [3.05, 3.63) is 17.9 Å². The standard InChI is InChI=1S/C26H38N4O8S/c1-5-15-13-26(15,23(34)29-39(36,37)18-10-11-18)28-21(32)19-12-16(31)14-30(19)22(33)20(25(2,3)4)27-24(35)38-17-8-6-7-9-17/h16-20,31H,1,6-14H2,2-4H3,(H,27,35)(H,28,32)(H,29,34)/t16-,19+,20-,26-/m1/s1. The molecule has 4 amide bonds. The topological polar surface area (TPSA) is 171 Å². The zero-order valence-electron chi connectivity index (χ0n) is 22.6. The highest BCUT2D eigenvalue weighted by Crippen LogP contribution is 2.43. The van der Waals surface area contributed by atoms with Crippen LogP contribution >= 0.6 is 0 Å². The molecule has 216 valence electrons. The number of aliphatic hydroxyl groups is 1. The molecule has 0 unspecified atom stereocenters. The fourth-order valence-corrected chi connectivity index (χ4v) is 6.59. The molecular weight excluding hydrogens is 528 g/mol. The lowest BCUT2D eigenvalue weighted by molar-refractivity contribution is -0.142. The lowest BCUT2D eigenvalue weighted by atomic mass is 9.85. The van der Waals surface area contributed by atoms with Gasteiger partial charge >= 0.3 is 6.09 Å². The number of carbonyl (C=O) groups is 4. The smallest absolute Gasteiger partial charge is 0.408 e. The second kappa shape index (κ2) is 10.6. The van der Waals surface area contributed by atoms with Crippen LogP contribution in [0.4, 0.5) is 4.79 Å². The van der Waals surface area contributed by atoms with Crippen molar-refractivity contribution in [2.24, 2.45) is 5.41 Å². The fourth-order valence-electron chi connectivity index (χ4n) is 5.23. The summed E-state index contributed by atoms with van der Waals surface area (Å²) < 4.78 is 32.2. The van der Waals surface area contributed by atoms with Crippen LogP contribution in [0.5, 0.6) is 0 Å². The summed E-state index contributed by atoms with van der Waals surface area (Å²) in [6.45, 7) is 8.65. The second-order valence-corrected chi connectivity index (χ2v) is 14.0. The van der Waals surface area contributed by atoms with Crippen molar-refractivity contribution < 1.29 is 37.4 Å². The molecule has 0 spiro atoms. The third kappa shape index (κ3) is 6.31. The number of β-amino-alcohol motifs (C(OH)–C–C–N with tert-alkyl or cyclic N) is 1. The number of hydrogen-bond donors (Lipinski definition) is 4. The monoisotopic (exact) mass is 566 g/mol. The third-order valence-corrected chi connectivity index (χ3v) is 9.60. The first-order chi connectivity index (χ1) is 18.2. The second-order valence-electron chi connectivity index (χ2n) is 12.1. The number of ether oxygens (including phenoxy) is 1. The lowest BCUT2D eigenvalue weighted by Crippen LogP contribution is -2.60. The molecule has 4 N–H and O–H groups in total. The van der Waals surface area contributed by atoms with Gasteiger partial charge in [-0.15, -0.1) is 5.73 Å². The lowest BCUT2D eigenvalue weighted by Gasteiger charge is -2.35. The molecule has 39 heavy (non-hydrogen) atoms. The Bertz CT molecular complexity index is 1190. The molecule has 0 aromatic carbocycles. The van der Waals surface area contributed by atoms with Gasteiger partial charge in [-0.3, -0.25) is 19.1 Å². The fraction of sp³-hybridized carbons (Fsp3) is 0.731. The molecule has 13 heteroatoms. The van der Waals surface area contributed by atoms with Gasteiger partial charge in [-0.2, -0.15) is 0 Å². The number of sulfonamides is 1. The van der Waals surface area contributed by atoms with Crippen LogP contribution in [0.1, 0.15) is 72.1 Å². The molecule has 4 rings (SSSR count). The number of nitrogens with zero attached hydrogens (tertiary/aromatic N) is 1. The van der Waals surface area contributed by atoms with Gasteiger partial charge in [0.2, 0.25) is 21.8 Å². The van der Waals surface area contributed by atoms with Crippen molar-refractivity contribution in [3.63, 3.8) is 0 Å². The number of amides is 4. The number of likely N-dealkylation sites (tertiary alicyclic amines) is 1. The highest BCUT2D eigenvalue weighted by Gasteiger charge is 2.59. The van der Waals surface area contributed by atoms with E-state index in [1.165, 1.54) is 4.90 Å². The highest BCUT2D eigenvalue weighted by atomic mass is 32.2. The molecule has 4 atom stereocenters. The minimum Gasteiger partial charge on any atom is -0.446 e. The highest BCUT2D eigenvalue weighted by molar-refractivity contribution is 7.91. The van der Waals surface area contributed by atoms with Crippen molar-refractivity contribution in [2.45, 2.75) is 107 Å². The summed E-state index contributed by atoms with van der Waals surface area (Å²) >= 11 is 0. The number of carbonyl (C=O) groups excluding carboxylic acids is 4. The van der Waals surface area contributed by atoms with Crippen molar-refractivity contribution in [1.29, 1.82) is 0 Å². The van der Waals surface area contributed by atoms with Gasteiger partial charge in [0.25, 0.3) is 5.91 Å². The van der Waals surface area contributed by atoms with Gasteiger partial charge in [-0.1, -0.05) is 27.4 Å². The average Bonchev–Trinajstić information content (AvgIpc) is 3.72. The van der Waals surface area contributed by atoms with Crippen LogP contribution in [0, 0.1) is 5.41 Å². The van der Waals surface area contributed by atoms with E-state index in [1.54, 1.807) is 20.8 Å². The first-order valence-electron chi connectivity index (χ1n) is 13.4. The van der Waals surface area contributed by atoms with Gasteiger partial charge in [0.1, 0.15) is 18.2 Å². The Kier molecular flexibility index (Phi) is 7.90. The molecule has 0 aromatic rings. The van der Waals surface area contributed by atoms with E-state index in [9.17, 15) is 32.7 Å². The molecule has 4 aliphatic rings. The van der Waals surface area contributed by atoms with E-state index in [1.807, 2.05) is 0 Å². The molecule has 3 saturated carbocycles. The maximum Gasteiger partial charge on any atom is 0.408 e. The van der Waals surface area contributed by atoms with Gasteiger partial charge < -0.3 is 25.4 Å². The van der Waals surface area contributed by atoms with Gasteiger partial charge in [0, 0.05) is 25.0 Å². The van der Waals surface area contributed by atoms with E-state index in [-0.39, 0.29) is 25.5 Å². The first kappa shape index (κ1) is 29.1. The van der Waals surface area contributed by atoms with Gasteiger partial charge in [-0.05, 0) is 43.9 Å². The van der Waals surface area contributed by atoms with E-state index in [4.69, 9.17) is 4.74 Å². The maximum absolute atomic E-state index is 13.7. The quantitative estimate of drug-likeness (QED) is 0.310. The number of alkyl carbamates (subject to hydrolysis) is 1. The third-order valence-electron chi connectivity index (χ3n) is 7.78. The predicted molar refractivity (Wildman–Crippen MR) is 139 cm³/mol. The van der Waals surface area contributed by atoms with Crippen LogP contribution in [-0.2, 0) is 29.1 Å². The van der Waals surface area contributed by atoms with Crippen LogP contribution in [0.15, 0.2) is 17.9 Å². The summed E-state index contributed by atoms with van der Waals surface area (Å²) in [6, 6.07) is -2.21. The summed E-state index contributed by atoms with van der Waals surface area (Å²) in [5.41, 5.74) is 0.494. The molecule has 12 nitrogen and oxygen atoms in total. The van der Waals surface area contributed by atoms with E-state index < -0.39 is 68.2 Å². The molecule has 1 heterocycles. The first-order valence-corrected chi connectivity index (χ1v) is 15.0. The largest absolute Gasteiger partial charge is 0.446 e. The molecule has 1 saturated heterocycles. The predicted octanol–water partition coefficient (Wildman–Crippen LogP) is 0.610. The van der Waals surface area contributed by atoms with Crippen LogP contribution in [-0.4, -0.2) is 83.9 Å².